The van der Waals surface area contributed by atoms with Gasteiger partial charge in [0.2, 0.25) is 0 Å². The molecule has 1 aromatic heterocycles. The van der Waals surface area contributed by atoms with E-state index in [-0.39, 0.29) is 0 Å². The Morgan fingerprint density at radius 2 is 2.10 bits per heavy atom. The van der Waals surface area contributed by atoms with Crippen LogP contribution in [0.2, 0.25) is 0 Å². The third-order valence-electron chi connectivity index (χ3n) is 4.43. The Labute approximate surface area is 135 Å². The Hall–Kier alpha value is -0.880. The molecule has 116 valence electrons. The van der Waals surface area contributed by atoms with Crippen LogP contribution < -0.4 is 10.2 Å². The second kappa shape index (κ2) is 6.92. The van der Waals surface area contributed by atoms with Crippen LogP contribution in [0.25, 0.3) is 0 Å². The van der Waals surface area contributed by atoms with Gasteiger partial charge in [-0.2, -0.15) is 0 Å². The molecule has 0 amide bonds. The number of hydrogen-bond donors (Lipinski definition) is 1. The lowest BCUT2D eigenvalue weighted by Gasteiger charge is -2.24. The summed E-state index contributed by atoms with van der Waals surface area (Å²) < 4.78 is 1.00. The van der Waals surface area contributed by atoms with Crippen LogP contribution in [-0.4, -0.2) is 53.6 Å². The predicted octanol–water partition coefficient (Wildman–Crippen LogP) is 2.74. The van der Waals surface area contributed by atoms with Gasteiger partial charge in [-0.3, -0.25) is 4.90 Å². The summed E-state index contributed by atoms with van der Waals surface area (Å²) in [6.45, 7) is 7.81. The summed E-state index contributed by atoms with van der Waals surface area (Å²) in [5, 5.41) is 3.36. The molecule has 3 heterocycles. The largest absolute Gasteiger partial charge is 0.369 e. The molecule has 2 aliphatic heterocycles. The van der Waals surface area contributed by atoms with Crippen LogP contribution in [0.15, 0.2) is 10.8 Å². The maximum Gasteiger partial charge on any atom is 0.148 e. The minimum absolute atomic E-state index is 0.696. The zero-order valence-corrected chi connectivity index (χ0v) is 14.3. The average Bonchev–Trinajstić information content (AvgIpc) is 3.17. The van der Waals surface area contributed by atoms with Crippen LogP contribution >= 0.6 is 15.9 Å². The minimum Gasteiger partial charge on any atom is -0.369 e. The first-order valence-electron chi connectivity index (χ1n) is 8.03. The van der Waals surface area contributed by atoms with Gasteiger partial charge in [-0.05, 0) is 54.7 Å². The van der Waals surface area contributed by atoms with Gasteiger partial charge in [-0.1, -0.05) is 6.92 Å². The fourth-order valence-corrected chi connectivity index (χ4v) is 3.88. The SMILES string of the molecule is CCCNc1ncnc(N2CCC(N3CCCC3)C2)c1Br. The van der Waals surface area contributed by atoms with Crippen LogP contribution in [-0.2, 0) is 0 Å². The summed E-state index contributed by atoms with van der Waals surface area (Å²) in [4.78, 5) is 13.9. The first-order chi connectivity index (χ1) is 10.3. The number of anilines is 2. The summed E-state index contributed by atoms with van der Waals surface area (Å²) in [5.74, 6) is 1.94. The molecule has 1 atom stereocenters. The van der Waals surface area contributed by atoms with Crippen LogP contribution in [0.3, 0.4) is 0 Å². The van der Waals surface area contributed by atoms with E-state index in [1.54, 1.807) is 6.33 Å². The maximum absolute atomic E-state index is 4.50. The Morgan fingerprint density at radius 1 is 1.29 bits per heavy atom. The van der Waals surface area contributed by atoms with E-state index < -0.39 is 0 Å². The molecule has 1 unspecified atom stereocenters. The maximum atomic E-state index is 4.50. The second-order valence-electron chi connectivity index (χ2n) is 5.92. The molecule has 2 aliphatic rings. The zero-order chi connectivity index (χ0) is 14.7. The fourth-order valence-electron chi connectivity index (χ4n) is 3.29. The number of rotatable bonds is 5. The number of nitrogens with one attached hydrogen (secondary N) is 1. The first-order valence-corrected chi connectivity index (χ1v) is 8.82. The molecule has 2 fully saturated rings. The van der Waals surface area contributed by atoms with E-state index in [0.29, 0.717) is 6.04 Å². The van der Waals surface area contributed by atoms with Crippen molar-refractivity contribution in [1.29, 1.82) is 0 Å². The molecule has 0 bridgehead atoms. The molecule has 21 heavy (non-hydrogen) atoms. The molecular weight excluding hydrogens is 330 g/mol. The molecule has 3 rings (SSSR count). The Kier molecular flexibility index (Phi) is 4.95. The highest BCUT2D eigenvalue weighted by molar-refractivity contribution is 9.10. The standard InChI is InChI=1S/C15H24BrN5/c1-2-6-17-14-13(16)15(19-11-18-14)21-9-5-12(10-21)20-7-3-4-8-20/h11-12H,2-10H2,1H3,(H,17,18,19). The Bertz CT molecular complexity index is 475. The minimum atomic E-state index is 0.696. The molecule has 2 saturated heterocycles. The van der Waals surface area contributed by atoms with Crippen molar-refractivity contribution in [3.05, 3.63) is 10.8 Å². The Balaban J connectivity index is 1.69. The highest BCUT2D eigenvalue weighted by Crippen LogP contribution is 2.32. The molecular formula is C15H24BrN5. The summed E-state index contributed by atoms with van der Waals surface area (Å²) in [7, 11) is 0. The van der Waals surface area contributed by atoms with Crippen molar-refractivity contribution in [2.24, 2.45) is 0 Å². The van der Waals surface area contributed by atoms with Crippen molar-refractivity contribution in [1.82, 2.24) is 14.9 Å². The van der Waals surface area contributed by atoms with Crippen LogP contribution in [0.5, 0.6) is 0 Å². The van der Waals surface area contributed by atoms with Gasteiger partial charge in [-0.15, -0.1) is 0 Å². The predicted molar refractivity (Wildman–Crippen MR) is 89.9 cm³/mol. The number of nitrogens with zero attached hydrogens (tertiary/aromatic N) is 4. The van der Waals surface area contributed by atoms with Gasteiger partial charge >= 0.3 is 0 Å². The van der Waals surface area contributed by atoms with E-state index >= 15 is 0 Å². The molecule has 1 aromatic rings. The van der Waals surface area contributed by atoms with Crippen LogP contribution in [0, 0.1) is 0 Å². The van der Waals surface area contributed by atoms with Gasteiger partial charge in [0, 0.05) is 25.7 Å². The lowest BCUT2D eigenvalue weighted by atomic mass is 10.2. The zero-order valence-electron chi connectivity index (χ0n) is 12.7. The molecule has 0 aliphatic carbocycles. The summed E-state index contributed by atoms with van der Waals surface area (Å²) in [6, 6.07) is 0.696. The van der Waals surface area contributed by atoms with Gasteiger partial charge in [0.15, 0.2) is 0 Å². The van der Waals surface area contributed by atoms with Crippen molar-refractivity contribution in [2.45, 2.75) is 38.6 Å². The molecule has 0 spiro atoms. The van der Waals surface area contributed by atoms with Gasteiger partial charge in [0.1, 0.15) is 22.4 Å². The number of halogens is 1. The third-order valence-corrected chi connectivity index (χ3v) is 5.16. The van der Waals surface area contributed by atoms with E-state index in [4.69, 9.17) is 0 Å². The van der Waals surface area contributed by atoms with Crippen molar-refractivity contribution in [2.75, 3.05) is 42.9 Å². The van der Waals surface area contributed by atoms with Crippen molar-refractivity contribution < 1.29 is 0 Å². The van der Waals surface area contributed by atoms with E-state index in [1.807, 2.05) is 0 Å². The highest BCUT2D eigenvalue weighted by Gasteiger charge is 2.31. The third kappa shape index (κ3) is 3.31. The number of hydrogen-bond acceptors (Lipinski definition) is 5. The van der Waals surface area contributed by atoms with Crippen molar-refractivity contribution >= 4 is 27.6 Å². The van der Waals surface area contributed by atoms with Gasteiger partial charge in [0.25, 0.3) is 0 Å². The Morgan fingerprint density at radius 3 is 2.86 bits per heavy atom. The summed E-state index contributed by atoms with van der Waals surface area (Å²) in [6.07, 6.45) is 6.72. The van der Waals surface area contributed by atoms with Crippen LogP contribution in [0.1, 0.15) is 32.6 Å². The highest BCUT2D eigenvalue weighted by atomic mass is 79.9. The monoisotopic (exact) mass is 353 g/mol. The quantitative estimate of drug-likeness (QED) is 0.881. The van der Waals surface area contributed by atoms with E-state index in [9.17, 15) is 0 Å². The molecule has 1 N–H and O–H groups in total. The van der Waals surface area contributed by atoms with E-state index in [0.717, 1.165) is 42.2 Å². The lowest BCUT2D eigenvalue weighted by molar-refractivity contribution is 0.260. The summed E-state index contributed by atoms with van der Waals surface area (Å²) in [5.41, 5.74) is 0. The fraction of sp³-hybridized carbons (Fsp3) is 0.733. The smallest absolute Gasteiger partial charge is 0.148 e. The number of likely N-dealkylation sites (tertiary alicyclic amines) is 1. The van der Waals surface area contributed by atoms with Gasteiger partial charge in [-0.25, -0.2) is 9.97 Å². The van der Waals surface area contributed by atoms with Gasteiger partial charge < -0.3 is 10.2 Å². The molecule has 0 saturated carbocycles. The average molecular weight is 354 g/mol. The molecule has 6 heteroatoms. The van der Waals surface area contributed by atoms with E-state index in [2.05, 4.69) is 47.9 Å². The number of aromatic nitrogens is 2. The molecule has 0 aromatic carbocycles. The lowest BCUT2D eigenvalue weighted by Crippen LogP contribution is -2.35. The van der Waals surface area contributed by atoms with Gasteiger partial charge in [0.05, 0.1) is 0 Å². The first kappa shape index (κ1) is 15.0. The van der Waals surface area contributed by atoms with E-state index in [1.165, 1.54) is 32.4 Å². The van der Waals surface area contributed by atoms with Crippen molar-refractivity contribution in [3.63, 3.8) is 0 Å². The molecule has 0 radical (unpaired) electrons. The topological polar surface area (TPSA) is 44.3 Å². The summed E-state index contributed by atoms with van der Waals surface area (Å²) >= 11 is 3.68. The second-order valence-corrected chi connectivity index (χ2v) is 6.71. The van der Waals surface area contributed by atoms with Crippen molar-refractivity contribution in [3.8, 4) is 0 Å². The normalized spacial score (nSPS) is 23.0. The molecule has 5 nitrogen and oxygen atoms in total. The van der Waals surface area contributed by atoms with Crippen LogP contribution in [0.4, 0.5) is 11.6 Å².